The summed E-state index contributed by atoms with van der Waals surface area (Å²) in [7, 11) is 0. The summed E-state index contributed by atoms with van der Waals surface area (Å²) in [5, 5.41) is 13.5. The van der Waals surface area contributed by atoms with Crippen molar-refractivity contribution in [3.8, 4) is 6.07 Å². The topological polar surface area (TPSA) is 112 Å². The zero-order chi connectivity index (χ0) is 22.1. The Labute approximate surface area is 181 Å². The van der Waals surface area contributed by atoms with Gasteiger partial charge in [-0.05, 0) is 29.5 Å². The number of pyridine rings is 1. The number of halogens is 1. The number of nitrogen functional groups attached to an aromatic ring is 1. The lowest BCUT2D eigenvalue weighted by molar-refractivity contribution is -0.118. The summed E-state index contributed by atoms with van der Waals surface area (Å²) in [5.41, 5.74) is 8.90. The number of thiophene rings is 1. The first-order chi connectivity index (χ1) is 14.7. The van der Waals surface area contributed by atoms with Crippen molar-refractivity contribution in [1.82, 2.24) is 4.98 Å². The van der Waals surface area contributed by atoms with Crippen molar-refractivity contribution < 1.29 is 9.18 Å². The maximum absolute atomic E-state index is 13.7. The van der Waals surface area contributed by atoms with Crippen LogP contribution in [0, 0.1) is 22.6 Å². The molecule has 2 aliphatic rings. The van der Waals surface area contributed by atoms with Crippen LogP contribution in [0.25, 0.3) is 10.2 Å². The molecular formula is C23H19FN4O2S. The molecule has 2 aromatic heterocycles. The van der Waals surface area contributed by atoms with E-state index >= 15 is 0 Å². The van der Waals surface area contributed by atoms with E-state index in [9.17, 15) is 19.2 Å². The van der Waals surface area contributed by atoms with Crippen LogP contribution in [0.15, 0.2) is 40.3 Å². The first-order valence-corrected chi connectivity index (χ1v) is 10.7. The average molecular weight is 434 g/mol. The van der Waals surface area contributed by atoms with Gasteiger partial charge in [0.2, 0.25) is 0 Å². The lowest BCUT2D eigenvalue weighted by Crippen LogP contribution is -2.33. The number of fused-ring (bicyclic) bond motifs is 3. The Balaban J connectivity index is 1.84. The number of carbonyl (C=O) groups is 1. The monoisotopic (exact) mass is 434 g/mol. The largest absolute Gasteiger partial charge is 0.396 e. The van der Waals surface area contributed by atoms with Crippen LogP contribution in [0.5, 0.6) is 0 Å². The molecule has 0 saturated heterocycles. The highest BCUT2D eigenvalue weighted by Gasteiger charge is 2.42. The predicted molar refractivity (Wildman–Crippen MR) is 118 cm³/mol. The van der Waals surface area contributed by atoms with Gasteiger partial charge in [-0.2, -0.15) is 5.26 Å². The van der Waals surface area contributed by atoms with Gasteiger partial charge in [0.1, 0.15) is 17.4 Å². The van der Waals surface area contributed by atoms with Gasteiger partial charge in [0.05, 0.1) is 20.9 Å². The number of benzene rings is 1. The molecule has 0 amide bonds. The van der Waals surface area contributed by atoms with Crippen LogP contribution in [0.2, 0.25) is 0 Å². The SMILES string of the molecule is CC1(C)CC(=O)C2=C(C1)Nc1sc3c(N)c(C#N)c(=O)[nH]c3c1C2c1ccc(F)cc1. The number of nitrogens with two attached hydrogens (primary N) is 1. The number of aromatic nitrogens is 1. The zero-order valence-electron chi connectivity index (χ0n) is 16.9. The van der Waals surface area contributed by atoms with Crippen LogP contribution < -0.4 is 16.6 Å². The van der Waals surface area contributed by atoms with Crippen molar-refractivity contribution in [3.63, 3.8) is 0 Å². The number of nitrogens with zero attached hydrogens (tertiary/aromatic N) is 1. The Kier molecular flexibility index (Phi) is 4.11. The summed E-state index contributed by atoms with van der Waals surface area (Å²) in [4.78, 5) is 28.6. The minimum absolute atomic E-state index is 0.0297. The molecule has 3 aromatic rings. The van der Waals surface area contributed by atoms with Gasteiger partial charge in [-0.15, -0.1) is 11.3 Å². The Morgan fingerprint density at radius 3 is 2.61 bits per heavy atom. The lowest BCUT2D eigenvalue weighted by Gasteiger charge is -2.38. The molecule has 0 bridgehead atoms. The standard InChI is InChI=1S/C23H19FN4O2S/c1-23(2)7-13-16(14(29)8-23)15(10-3-5-11(24)6-4-10)17-19-20(31-22(17)27-13)18(26)12(9-25)21(30)28-19/h3-6,15,27H,7-8H2,1-2H3,(H3,26,28,30). The number of Topliss-reactive ketones (excluding diaryl/α,β-unsaturated/α-hetero) is 1. The number of aromatic amines is 1. The second kappa shape index (κ2) is 6.53. The van der Waals surface area contributed by atoms with E-state index < -0.39 is 11.5 Å². The number of anilines is 2. The number of hydrogen-bond acceptors (Lipinski definition) is 6. The van der Waals surface area contributed by atoms with E-state index in [4.69, 9.17) is 5.73 Å². The maximum atomic E-state index is 13.7. The van der Waals surface area contributed by atoms with Crippen LogP contribution in [-0.4, -0.2) is 10.8 Å². The first-order valence-electron chi connectivity index (χ1n) is 9.87. The fraction of sp³-hybridized carbons (Fsp3) is 0.261. The van der Waals surface area contributed by atoms with E-state index in [0.29, 0.717) is 28.6 Å². The molecule has 31 heavy (non-hydrogen) atoms. The molecular weight excluding hydrogens is 415 g/mol. The van der Waals surface area contributed by atoms with Crippen molar-refractivity contribution in [3.05, 3.63) is 68.4 Å². The zero-order valence-corrected chi connectivity index (χ0v) is 17.7. The van der Waals surface area contributed by atoms with Gasteiger partial charge >= 0.3 is 0 Å². The van der Waals surface area contributed by atoms with Gasteiger partial charge in [-0.1, -0.05) is 26.0 Å². The fourth-order valence-corrected chi connectivity index (χ4v) is 5.88. The lowest BCUT2D eigenvalue weighted by atomic mass is 9.69. The number of carbonyl (C=O) groups excluding carboxylic acids is 1. The Hall–Kier alpha value is -3.44. The van der Waals surface area contributed by atoms with Gasteiger partial charge in [-0.3, -0.25) is 9.59 Å². The molecule has 4 N–H and O–H groups in total. The Bertz CT molecular complexity index is 1410. The van der Waals surface area contributed by atoms with E-state index in [-0.39, 0.29) is 28.3 Å². The Morgan fingerprint density at radius 1 is 1.23 bits per heavy atom. The molecule has 6 nitrogen and oxygen atoms in total. The summed E-state index contributed by atoms with van der Waals surface area (Å²) >= 11 is 1.35. The quantitative estimate of drug-likeness (QED) is 0.526. The first kappa shape index (κ1) is 19.5. The minimum atomic E-state index is -0.568. The molecule has 0 saturated carbocycles. The van der Waals surface area contributed by atoms with Crippen molar-refractivity contribution >= 4 is 38.0 Å². The molecule has 1 atom stereocenters. The van der Waals surface area contributed by atoms with E-state index in [0.717, 1.165) is 21.8 Å². The highest BCUT2D eigenvalue weighted by atomic mass is 32.1. The number of nitriles is 1. The predicted octanol–water partition coefficient (Wildman–Crippen LogP) is 4.38. The summed E-state index contributed by atoms with van der Waals surface area (Å²) < 4.78 is 14.2. The number of hydrogen-bond donors (Lipinski definition) is 3. The van der Waals surface area contributed by atoms with Crippen LogP contribution in [-0.2, 0) is 4.79 Å². The van der Waals surface area contributed by atoms with Crippen molar-refractivity contribution in [2.45, 2.75) is 32.6 Å². The van der Waals surface area contributed by atoms with E-state index in [1.54, 1.807) is 12.1 Å². The van der Waals surface area contributed by atoms with Crippen LogP contribution in [0.1, 0.15) is 49.3 Å². The van der Waals surface area contributed by atoms with Crippen LogP contribution in [0.3, 0.4) is 0 Å². The molecule has 5 rings (SSSR count). The maximum Gasteiger partial charge on any atom is 0.268 e. The van der Waals surface area contributed by atoms with Gasteiger partial charge in [-0.25, -0.2) is 4.39 Å². The molecule has 8 heteroatoms. The molecule has 1 aliphatic heterocycles. The summed E-state index contributed by atoms with van der Waals surface area (Å²) in [6.45, 7) is 4.11. The third-order valence-corrected chi connectivity index (χ3v) is 7.16. The van der Waals surface area contributed by atoms with Crippen molar-refractivity contribution in [2.75, 3.05) is 11.1 Å². The average Bonchev–Trinajstić information content (AvgIpc) is 3.05. The molecule has 0 fully saturated rings. The summed E-state index contributed by atoms with van der Waals surface area (Å²) in [6.07, 6.45) is 1.09. The highest BCUT2D eigenvalue weighted by molar-refractivity contribution is 7.23. The molecule has 156 valence electrons. The van der Waals surface area contributed by atoms with Crippen LogP contribution in [0.4, 0.5) is 15.1 Å². The molecule has 1 unspecified atom stereocenters. The van der Waals surface area contributed by atoms with Crippen LogP contribution >= 0.6 is 11.3 Å². The van der Waals surface area contributed by atoms with Crippen molar-refractivity contribution in [2.24, 2.45) is 5.41 Å². The highest BCUT2D eigenvalue weighted by Crippen LogP contribution is 2.53. The summed E-state index contributed by atoms with van der Waals surface area (Å²) in [6, 6.07) is 7.94. The number of H-pyrrole nitrogens is 1. The fourth-order valence-electron chi connectivity index (χ4n) is 4.70. The normalized spacial score (nSPS) is 19.5. The third kappa shape index (κ3) is 2.88. The third-order valence-electron chi connectivity index (χ3n) is 6.00. The Morgan fingerprint density at radius 2 is 1.94 bits per heavy atom. The second-order valence-electron chi connectivity index (χ2n) is 8.85. The van der Waals surface area contributed by atoms with E-state index in [1.807, 2.05) is 6.07 Å². The van der Waals surface area contributed by atoms with Gasteiger partial charge in [0, 0.05) is 29.2 Å². The number of rotatable bonds is 1. The second-order valence-corrected chi connectivity index (χ2v) is 9.87. The van der Waals surface area contributed by atoms with E-state index in [1.165, 1.54) is 23.5 Å². The van der Waals surface area contributed by atoms with Gasteiger partial charge in [0.15, 0.2) is 5.78 Å². The smallest absolute Gasteiger partial charge is 0.268 e. The summed E-state index contributed by atoms with van der Waals surface area (Å²) in [5.74, 6) is -0.802. The molecule has 0 radical (unpaired) electrons. The van der Waals surface area contributed by atoms with Gasteiger partial charge < -0.3 is 16.0 Å². The molecule has 3 heterocycles. The molecule has 1 aliphatic carbocycles. The number of nitrogens with one attached hydrogen (secondary N) is 2. The van der Waals surface area contributed by atoms with E-state index in [2.05, 4.69) is 24.1 Å². The van der Waals surface area contributed by atoms with Crippen molar-refractivity contribution in [1.29, 1.82) is 5.26 Å². The molecule has 1 aromatic carbocycles. The minimum Gasteiger partial charge on any atom is -0.396 e. The number of ketones is 1. The number of allylic oxidation sites excluding steroid dienone is 2. The molecule has 0 spiro atoms. The van der Waals surface area contributed by atoms with Gasteiger partial charge in [0.25, 0.3) is 5.56 Å².